The molecule has 4 rings (SSSR count). The molecule has 1 aliphatic rings. The van der Waals surface area contributed by atoms with Crippen LogP contribution >= 0.6 is 11.3 Å². The quantitative estimate of drug-likeness (QED) is 0.458. The fraction of sp³-hybridized carbons (Fsp3) is 0.480. The fourth-order valence-electron chi connectivity index (χ4n) is 4.24. The summed E-state index contributed by atoms with van der Waals surface area (Å²) in [5.41, 5.74) is 1.33. The molecule has 0 radical (unpaired) electrons. The molecule has 0 spiro atoms. The van der Waals surface area contributed by atoms with Crippen LogP contribution < -0.4 is 10.2 Å². The largest absolute Gasteiger partial charge is 0.356 e. The van der Waals surface area contributed by atoms with E-state index in [1.807, 2.05) is 29.1 Å². The van der Waals surface area contributed by atoms with Gasteiger partial charge >= 0.3 is 0 Å². The van der Waals surface area contributed by atoms with Crippen LogP contribution in [-0.2, 0) is 11.3 Å². The van der Waals surface area contributed by atoms with E-state index in [-0.39, 0.29) is 11.8 Å². The van der Waals surface area contributed by atoms with Crippen LogP contribution in [0, 0.1) is 5.92 Å². The maximum absolute atomic E-state index is 12.8. The van der Waals surface area contributed by atoms with Crippen molar-refractivity contribution in [3.8, 4) is 5.13 Å². The second kappa shape index (κ2) is 11.4. The number of nitrogens with one attached hydrogen (secondary N) is 1. The normalized spacial score (nSPS) is 16.5. The van der Waals surface area contributed by atoms with E-state index in [4.69, 9.17) is 0 Å². The Morgan fingerprint density at radius 2 is 1.91 bits per heavy atom. The number of benzene rings is 1. The molecule has 2 aromatic heterocycles. The highest BCUT2D eigenvalue weighted by Crippen LogP contribution is 2.27. The van der Waals surface area contributed by atoms with Gasteiger partial charge in [0.2, 0.25) is 16.2 Å². The third-order valence-corrected chi connectivity index (χ3v) is 7.17. The van der Waals surface area contributed by atoms with Gasteiger partial charge < -0.3 is 10.2 Å². The predicted molar refractivity (Wildman–Crippen MR) is 134 cm³/mol. The van der Waals surface area contributed by atoms with Crippen molar-refractivity contribution in [3.05, 3.63) is 60.4 Å². The predicted octanol–water partition coefficient (Wildman–Crippen LogP) is 3.96. The molecule has 0 unspecified atom stereocenters. The van der Waals surface area contributed by atoms with E-state index < -0.39 is 0 Å². The van der Waals surface area contributed by atoms with Crippen molar-refractivity contribution in [3.63, 3.8) is 0 Å². The van der Waals surface area contributed by atoms with Gasteiger partial charge in [-0.2, -0.15) is 0 Å². The first kappa shape index (κ1) is 23.4. The lowest BCUT2D eigenvalue weighted by Gasteiger charge is -2.31. The molecule has 3 heterocycles. The van der Waals surface area contributed by atoms with Crippen molar-refractivity contribution in [2.45, 2.75) is 45.7 Å². The molecular weight excluding hydrogens is 432 g/mol. The van der Waals surface area contributed by atoms with Crippen LogP contribution in [0.25, 0.3) is 5.13 Å². The minimum atomic E-state index is 0.00296. The number of anilines is 1. The van der Waals surface area contributed by atoms with E-state index in [2.05, 4.69) is 69.5 Å². The Morgan fingerprint density at radius 1 is 1.15 bits per heavy atom. The summed E-state index contributed by atoms with van der Waals surface area (Å²) in [5.74, 6) is 0.164. The highest BCUT2D eigenvalue weighted by Gasteiger charge is 2.27. The summed E-state index contributed by atoms with van der Waals surface area (Å²) >= 11 is 1.57. The monoisotopic (exact) mass is 466 g/mol. The lowest BCUT2D eigenvalue weighted by atomic mass is 9.97. The Balaban J connectivity index is 1.23. The molecular formula is C25H34N6OS. The molecule has 33 heavy (non-hydrogen) atoms. The average Bonchev–Trinajstić information content (AvgIpc) is 3.54. The van der Waals surface area contributed by atoms with Crippen LogP contribution in [0.5, 0.6) is 0 Å². The van der Waals surface area contributed by atoms with Gasteiger partial charge in [-0.25, -0.2) is 0 Å². The number of carbonyl (C=O) groups is 1. The summed E-state index contributed by atoms with van der Waals surface area (Å²) in [4.78, 5) is 17.5. The SMILES string of the molecule is CC(C)N(CCCNC(=O)[C@H]1CCCN(c2nnc(-n3cccc3)s2)C1)Cc1ccccc1. The highest BCUT2D eigenvalue weighted by molar-refractivity contribution is 7.17. The van der Waals surface area contributed by atoms with Gasteiger partial charge in [-0.3, -0.25) is 14.3 Å². The zero-order valence-corrected chi connectivity index (χ0v) is 20.4. The Labute approximate surface area is 200 Å². The van der Waals surface area contributed by atoms with Gasteiger partial charge in [-0.15, -0.1) is 10.2 Å². The maximum atomic E-state index is 12.8. The molecule has 1 aliphatic heterocycles. The first-order valence-electron chi connectivity index (χ1n) is 11.9. The summed E-state index contributed by atoms with van der Waals surface area (Å²) in [6, 6.07) is 15.0. The zero-order chi connectivity index (χ0) is 23.0. The van der Waals surface area contributed by atoms with Crippen molar-refractivity contribution in [2.75, 3.05) is 31.1 Å². The topological polar surface area (TPSA) is 66.3 Å². The van der Waals surface area contributed by atoms with Gasteiger partial charge in [-0.05, 0) is 50.8 Å². The molecule has 1 amide bonds. The number of carbonyl (C=O) groups excluding carboxylic acids is 1. The van der Waals surface area contributed by atoms with Crippen LogP contribution in [0.1, 0.15) is 38.7 Å². The van der Waals surface area contributed by atoms with Gasteiger partial charge in [0.15, 0.2) is 0 Å². The van der Waals surface area contributed by atoms with Crippen molar-refractivity contribution in [1.82, 2.24) is 25.0 Å². The van der Waals surface area contributed by atoms with Crippen molar-refractivity contribution < 1.29 is 4.79 Å². The van der Waals surface area contributed by atoms with Gasteiger partial charge in [-0.1, -0.05) is 41.7 Å². The molecule has 8 heteroatoms. The van der Waals surface area contributed by atoms with E-state index in [0.717, 1.165) is 49.2 Å². The maximum Gasteiger partial charge on any atom is 0.224 e. The second-order valence-electron chi connectivity index (χ2n) is 8.94. The van der Waals surface area contributed by atoms with Gasteiger partial charge in [0.1, 0.15) is 0 Å². The zero-order valence-electron chi connectivity index (χ0n) is 19.6. The average molecular weight is 467 g/mol. The van der Waals surface area contributed by atoms with E-state index in [0.29, 0.717) is 19.1 Å². The molecule has 1 saturated heterocycles. The molecule has 0 aliphatic carbocycles. The number of hydrogen-bond acceptors (Lipinski definition) is 6. The minimum absolute atomic E-state index is 0.00296. The second-order valence-corrected chi connectivity index (χ2v) is 9.87. The number of rotatable bonds is 10. The van der Waals surface area contributed by atoms with Crippen molar-refractivity contribution >= 4 is 22.4 Å². The molecule has 1 N–H and O–H groups in total. The summed E-state index contributed by atoms with van der Waals surface area (Å²) in [5, 5.41) is 13.6. The van der Waals surface area contributed by atoms with Crippen molar-refractivity contribution in [2.24, 2.45) is 5.92 Å². The number of nitrogens with zero attached hydrogens (tertiary/aromatic N) is 5. The molecule has 1 atom stereocenters. The molecule has 7 nitrogen and oxygen atoms in total. The molecule has 1 fully saturated rings. The minimum Gasteiger partial charge on any atom is -0.356 e. The Morgan fingerprint density at radius 3 is 2.67 bits per heavy atom. The molecule has 3 aromatic rings. The molecule has 1 aromatic carbocycles. The van der Waals surface area contributed by atoms with Crippen molar-refractivity contribution in [1.29, 1.82) is 0 Å². The number of amides is 1. The number of aromatic nitrogens is 3. The van der Waals surface area contributed by atoms with Crippen LogP contribution in [-0.4, -0.2) is 57.8 Å². The molecule has 0 saturated carbocycles. The summed E-state index contributed by atoms with van der Waals surface area (Å²) in [7, 11) is 0. The molecule has 0 bridgehead atoms. The van der Waals surface area contributed by atoms with Gasteiger partial charge in [0, 0.05) is 51.2 Å². The van der Waals surface area contributed by atoms with Crippen LogP contribution in [0.15, 0.2) is 54.9 Å². The third-order valence-electron chi connectivity index (χ3n) is 6.17. The lowest BCUT2D eigenvalue weighted by molar-refractivity contribution is -0.125. The fourth-order valence-corrected chi connectivity index (χ4v) is 5.09. The Hall–Kier alpha value is -2.71. The number of piperidine rings is 1. The standard InChI is InChI=1S/C25H34N6OS/c1-20(2)30(18-21-10-4-3-5-11-21)17-9-13-26-23(32)22-12-8-16-31(19-22)25-28-27-24(33-25)29-14-6-7-15-29/h3-7,10-11,14-15,20,22H,8-9,12-13,16-19H2,1-2H3,(H,26,32)/t22-/m0/s1. The van der Waals surface area contributed by atoms with E-state index >= 15 is 0 Å². The smallest absolute Gasteiger partial charge is 0.224 e. The third kappa shape index (κ3) is 6.42. The summed E-state index contributed by atoms with van der Waals surface area (Å²) in [6.45, 7) is 8.71. The summed E-state index contributed by atoms with van der Waals surface area (Å²) in [6.07, 6.45) is 6.81. The van der Waals surface area contributed by atoms with Gasteiger partial charge in [0.25, 0.3) is 0 Å². The summed E-state index contributed by atoms with van der Waals surface area (Å²) < 4.78 is 1.97. The van der Waals surface area contributed by atoms with Gasteiger partial charge in [0.05, 0.1) is 5.92 Å². The Bertz CT molecular complexity index is 988. The number of hydrogen-bond donors (Lipinski definition) is 1. The van der Waals surface area contributed by atoms with Crippen LogP contribution in [0.2, 0.25) is 0 Å². The van der Waals surface area contributed by atoms with Crippen LogP contribution in [0.3, 0.4) is 0 Å². The van der Waals surface area contributed by atoms with E-state index in [1.54, 1.807) is 11.3 Å². The van der Waals surface area contributed by atoms with E-state index in [1.165, 1.54) is 5.56 Å². The first-order valence-corrected chi connectivity index (χ1v) is 12.7. The Kier molecular flexibility index (Phi) is 8.12. The van der Waals surface area contributed by atoms with E-state index in [9.17, 15) is 4.79 Å². The first-order chi connectivity index (χ1) is 16.1. The highest BCUT2D eigenvalue weighted by atomic mass is 32.1. The van der Waals surface area contributed by atoms with Crippen LogP contribution in [0.4, 0.5) is 5.13 Å². The lowest BCUT2D eigenvalue weighted by Crippen LogP contribution is -2.43. The molecule has 176 valence electrons.